The van der Waals surface area contributed by atoms with E-state index in [-0.39, 0.29) is 6.61 Å². The fourth-order valence-corrected chi connectivity index (χ4v) is 2.04. The first-order chi connectivity index (χ1) is 9.13. The van der Waals surface area contributed by atoms with E-state index in [0.717, 1.165) is 5.56 Å². The summed E-state index contributed by atoms with van der Waals surface area (Å²) in [6.07, 6.45) is -5.78. The molecule has 0 bridgehead atoms. The topological polar surface area (TPSA) is 99.4 Å². The van der Waals surface area contributed by atoms with E-state index >= 15 is 0 Å². The number of benzene rings is 1. The zero-order valence-corrected chi connectivity index (χ0v) is 10.3. The average Bonchev–Trinajstić information content (AvgIpc) is 2.72. The summed E-state index contributed by atoms with van der Waals surface area (Å²) in [5.74, 6) is 0. The fourth-order valence-electron chi connectivity index (χ4n) is 2.04. The summed E-state index contributed by atoms with van der Waals surface area (Å²) in [6.45, 7) is -0.342. The van der Waals surface area contributed by atoms with E-state index in [1.54, 1.807) is 0 Å². The van der Waals surface area contributed by atoms with Gasteiger partial charge < -0.3 is 29.9 Å². The molecule has 0 radical (unpaired) electrons. The van der Waals surface area contributed by atoms with Crippen LogP contribution >= 0.6 is 0 Å². The van der Waals surface area contributed by atoms with E-state index in [1.807, 2.05) is 30.3 Å². The van der Waals surface area contributed by atoms with Gasteiger partial charge in [0.2, 0.25) is 0 Å². The monoisotopic (exact) mass is 270 g/mol. The molecule has 0 unspecified atom stereocenters. The van der Waals surface area contributed by atoms with Crippen molar-refractivity contribution in [3.63, 3.8) is 0 Å². The molecule has 6 nitrogen and oxygen atoms in total. The Balaban J connectivity index is 1.93. The van der Waals surface area contributed by atoms with E-state index in [2.05, 4.69) is 0 Å². The summed E-state index contributed by atoms with van der Waals surface area (Å²) in [5.41, 5.74) is 0.896. The van der Waals surface area contributed by atoms with Gasteiger partial charge in [-0.1, -0.05) is 30.3 Å². The minimum Gasteiger partial charge on any atom is -0.394 e. The van der Waals surface area contributed by atoms with Crippen molar-refractivity contribution in [3.8, 4) is 0 Å². The lowest BCUT2D eigenvalue weighted by Gasteiger charge is -2.20. The van der Waals surface area contributed by atoms with Crippen LogP contribution in [0.5, 0.6) is 0 Å². The Morgan fingerprint density at radius 1 is 1.21 bits per heavy atom. The maximum Gasteiger partial charge on any atom is 0.184 e. The van der Waals surface area contributed by atoms with Crippen LogP contribution in [0.4, 0.5) is 0 Å². The Labute approximate surface area is 110 Å². The highest BCUT2D eigenvalue weighted by atomic mass is 16.7. The maximum absolute atomic E-state index is 9.92. The average molecular weight is 270 g/mol. The van der Waals surface area contributed by atoms with Gasteiger partial charge in [-0.25, -0.2) is 0 Å². The summed E-state index contributed by atoms with van der Waals surface area (Å²) in [7, 11) is 0. The van der Waals surface area contributed by atoms with Gasteiger partial charge >= 0.3 is 0 Å². The fraction of sp³-hybridized carbons (Fsp3) is 0.538. The van der Waals surface area contributed by atoms with Crippen molar-refractivity contribution in [2.24, 2.45) is 0 Å². The second-order valence-corrected chi connectivity index (χ2v) is 4.49. The number of hydrogen-bond donors (Lipinski definition) is 4. The predicted octanol–water partition coefficient (Wildman–Crippen LogP) is -0.997. The van der Waals surface area contributed by atoms with Gasteiger partial charge in [0.1, 0.15) is 24.4 Å². The number of aliphatic hydroxyl groups excluding tert-OH is 4. The van der Waals surface area contributed by atoms with E-state index in [9.17, 15) is 15.3 Å². The summed E-state index contributed by atoms with van der Waals surface area (Å²) < 4.78 is 10.4. The van der Waals surface area contributed by atoms with Gasteiger partial charge in [-0.2, -0.15) is 0 Å². The zero-order valence-electron chi connectivity index (χ0n) is 10.3. The van der Waals surface area contributed by atoms with E-state index < -0.39 is 37.3 Å². The highest BCUT2D eigenvalue weighted by Gasteiger charge is 2.46. The second-order valence-electron chi connectivity index (χ2n) is 4.49. The van der Waals surface area contributed by atoms with Crippen molar-refractivity contribution in [3.05, 3.63) is 35.9 Å². The largest absolute Gasteiger partial charge is 0.394 e. The van der Waals surface area contributed by atoms with E-state index in [4.69, 9.17) is 14.6 Å². The number of rotatable bonds is 5. The van der Waals surface area contributed by atoms with Gasteiger partial charge in [-0.3, -0.25) is 0 Å². The molecule has 1 aliphatic heterocycles. The van der Waals surface area contributed by atoms with Crippen LogP contribution in [-0.2, 0) is 16.1 Å². The summed E-state index contributed by atoms with van der Waals surface area (Å²) >= 11 is 0. The third-order valence-corrected chi connectivity index (χ3v) is 3.10. The summed E-state index contributed by atoms with van der Waals surface area (Å²) in [5, 5.41) is 37.8. The van der Waals surface area contributed by atoms with E-state index in [1.165, 1.54) is 0 Å². The van der Waals surface area contributed by atoms with Gasteiger partial charge in [0.05, 0.1) is 13.2 Å². The molecule has 19 heavy (non-hydrogen) atoms. The third-order valence-electron chi connectivity index (χ3n) is 3.10. The third kappa shape index (κ3) is 3.30. The van der Waals surface area contributed by atoms with Crippen LogP contribution in [0, 0.1) is 0 Å². The van der Waals surface area contributed by atoms with Crippen LogP contribution in [0.2, 0.25) is 0 Å². The predicted molar refractivity (Wildman–Crippen MR) is 65.0 cm³/mol. The smallest absolute Gasteiger partial charge is 0.184 e. The number of aliphatic hydroxyl groups is 4. The highest BCUT2D eigenvalue weighted by Crippen LogP contribution is 2.25. The van der Waals surface area contributed by atoms with Crippen LogP contribution in [-0.4, -0.2) is 57.7 Å². The van der Waals surface area contributed by atoms with Crippen LogP contribution < -0.4 is 0 Å². The molecular formula is C13H18O6. The van der Waals surface area contributed by atoms with Gasteiger partial charge in [-0.15, -0.1) is 0 Å². The second kappa shape index (κ2) is 6.42. The van der Waals surface area contributed by atoms with Crippen molar-refractivity contribution in [1.82, 2.24) is 0 Å². The van der Waals surface area contributed by atoms with Crippen LogP contribution in [0.25, 0.3) is 0 Å². The lowest BCUT2D eigenvalue weighted by Crippen LogP contribution is -2.41. The van der Waals surface area contributed by atoms with Gasteiger partial charge in [-0.05, 0) is 5.56 Å². The first kappa shape index (κ1) is 14.4. The van der Waals surface area contributed by atoms with Gasteiger partial charge in [0.15, 0.2) is 6.29 Å². The Morgan fingerprint density at radius 3 is 2.53 bits per heavy atom. The molecule has 0 spiro atoms. The molecule has 5 atom stereocenters. The van der Waals surface area contributed by atoms with Crippen LogP contribution in [0.3, 0.4) is 0 Å². The molecule has 1 fully saturated rings. The molecule has 0 saturated carbocycles. The normalized spacial score (nSPS) is 32.4. The number of hydrogen-bond acceptors (Lipinski definition) is 6. The lowest BCUT2D eigenvalue weighted by molar-refractivity contribution is -0.160. The first-order valence-electron chi connectivity index (χ1n) is 6.09. The Kier molecular flexibility index (Phi) is 4.87. The lowest BCUT2D eigenvalue weighted by atomic mass is 10.1. The molecule has 1 aromatic rings. The molecule has 6 heteroatoms. The van der Waals surface area contributed by atoms with Crippen LogP contribution in [0.1, 0.15) is 5.56 Å². The number of ether oxygens (including phenoxy) is 2. The van der Waals surface area contributed by atoms with Crippen molar-refractivity contribution in [1.29, 1.82) is 0 Å². The van der Waals surface area contributed by atoms with Gasteiger partial charge in [0, 0.05) is 0 Å². The van der Waals surface area contributed by atoms with Crippen molar-refractivity contribution in [2.45, 2.75) is 37.3 Å². The molecule has 4 N–H and O–H groups in total. The molecule has 1 aliphatic rings. The molecule has 1 heterocycles. The quantitative estimate of drug-likeness (QED) is 0.548. The van der Waals surface area contributed by atoms with Gasteiger partial charge in [0.25, 0.3) is 0 Å². The molecule has 2 rings (SSSR count). The molecule has 1 aromatic carbocycles. The minimum atomic E-state index is -1.33. The summed E-state index contributed by atoms with van der Waals surface area (Å²) in [6, 6.07) is 9.30. The highest BCUT2D eigenvalue weighted by molar-refractivity contribution is 5.13. The van der Waals surface area contributed by atoms with E-state index in [0.29, 0.717) is 0 Å². The Bertz CT molecular complexity index is 384. The molecular weight excluding hydrogens is 252 g/mol. The Morgan fingerprint density at radius 2 is 1.89 bits per heavy atom. The van der Waals surface area contributed by atoms with Crippen molar-refractivity contribution in [2.75, 3.05) is 6.61 Å². The first-order valence-corrected chi connectivity index (χ1v) is 6.09. The molecule has 0 aromatic heterocycles. The maximum atomic E-state index is 9.92. The molecule has 0 aliphatic carbocycles. The SMILES string of the molecule is OC[C@@H](O)[C@@H]1O[C@H](O)[C@@H](OCc2ccccc2)[C@@H]1O. The molecule has 0 amide bonds. The minimum absolute atomic E-state index is 0.213. The molecule has 1 saturated heterocycles. The Hall–Kier alpha value is -1.02. The van der Waals surface area contributed by atoms with Crippen molar-refractivity contribution < 1.29 is 29.9 Å². The summed E-state index contributed by atoms with van der Waals surface area (Å²) in [4.78, 5) is 0. The van der Waals surface area contributed by atoms with Crippen molar-refractivity contribution >= 4 is 0 Å². The zero-order chi connectivity index (χ0) is 13.8. The standard InChI is InChI=1S/C13H18O6/c14-6-9(15)11-10(16)12(13(17)19-11)18-7-8-4-2-1-3-5-8/h1-5,9-17H,6-7H2/t9-,10-,11+,12+,13+/m1/s1. The molecule has 106 valence electrons. The van der Waals surface area contributed by atoms with Crippen LogP contribution in [0.15, 0.2) is 30.3 Å².